The van der Waals surface area contributed by atoms with E-state index in [-0.39, 0.29) is 17.9 Å². The number of ether oxygens (including phenoxy) is 1. The second-order valence-electron chi connectivity index (χ2n) is 3.82. The molecular formula is C12H7BrN2O4S. The van der Waals surface area contributed by atoms with Crippen molar-refractivity contribution in [2.24, 2.45) is 0 Å². The van der Waals surface area contributed by atoms with Gasteiger partial charge in [-0.25, -0.2) is 9.78 Å². The van der Waals surface area contributed by atoms with E-state index in [1.54, 1.807) is 17.6 Å². The van der Waals surface area contributed by atoms with Gasteiger partial charge in [0.05, 0.1) is 5.69 Å². The highest BCUT2D eigenvalue weighted by atomic mass is 79.9. The first kappa shape index (κ1) is 13.1. The van der Waals surface area contributed by atoms with Crippen molar-refractivity contribution < 1.29 is 13.9 Å². The van der Waals surface area contributed by atoms with E-state index in [0.717, 1.165) is 0 Å². The predicted octanol–water partition coefficient (Wildman–Crippen LogP) is 2.47. The molecule has 0 fully saturated rings. The average molecular weight is 355 g/mol. The minimum atomic E-state index is -0.608. The number of esters is 1. The molecule has 3 aromatic rings. The Labute approximate surface area is 124 Å². The highest BCUT2D eigenvalue weighted by Crippen LogP contribution is 2.15. The topological polar surface area (TPSA) is 73.8 Å². The molecule has 0 saturated carbocycles. The fourth-order valence-electron chi connectivity index (χ4n) is 1.60. The van der Waals surface area contributed by atoms with Crippen LogP contribution in [-0.4, -0.2) is 15.4 Å². The van der Waals surface area contributed by atoms with Crippen LogP contribution >= 0.6 is 27.3 Å². The summed E-state index contributed by atoms with van der Waals surface area (Å²) in [6, 6.07) is 4.43. The monoisotopic (exact) mass is 354 g/mol. The fraction of sp³-hybridized carbons (Fsp3) is 0.0833. The molecule has 0 aliphatic carbocycles. The number of furan rings is 1. The molecule has 0 aliphatic rings. The summed E-state index contributed by atoms with van der Waals surface area (Å²) in [5, 5.41) is 1.76. The summed E-state index contributed by atoms with van der Waals surface area (Å²) in [5.41, 5.74) is 0.194. The van der Waals surface area contributed by atoms with Gasteiger partial charge >= 0.3 is 5.97 Å². The summed E-state index contributed by atoms with van der Waals surface area (Å²) in [7, 11) is 0. The summed E-state index contributed by atoms with van der Waals surface area (Å²) in [6.07, 6.45) is 1.64. The van der Waals surface area contributed by atoms with Crippen LogP contribution in [0.15, 0.2) is 43.7 Å². The molecule has 0 spiro atoms. The third-order valence-electron chi connectivity index (χ3n) is 2.48. The van der Waals surface area contributed by atoms with Crippen molar-refractivity contribution >= 4 is 38.2 Å². The number of rotatable bonds is 3. The third kappa shape index (κ3) is 2.52. The summed E-state index contributed by atoms with van der Waals surface area (Å²) < 4.78 is 12.0. The van der Waals surface area contributed by atoms with E-state index in [2.05, 4.69) is 20.9 Å². The standard InChI is InChI=1S/C12H7BrN2O4S/c13-9-2-1-8(19-9)11(17)18-6-7-5-10(16)15-3-4-20-12(15)14-7/h1-5H,6H2. The van der Waals surface area contributed by atoms with Gasteiger partial charge in [0.15, 0.2) is 9.63 Å². The first-order valence-corrected chi connectivity index (χ1v) is 7.19. The molecule has 0 saturated heterocycles. The molecule has 3 aromatic heterocycles. The third-order valence-corrected chi connectivity index (χ3v) is 3.66. The number of hydrogen-bond donors (Lipinski definition) is 0. The first-order valence-electron chi connectivity index (χ1n) is 5.52. The van der Waals surface area contributed by atoms with Crippen LogP contribution in [0.5, 0.6) is 0 Å². The lowest BCUT2D eigenvalue weighted by atomic mass is 10.4. The lowest BCUT2D eigenvalue weighted by Crippen LogP contribution is -2.14. The zero-order valence-corrected chi connectivity index (χ0v) is 12.3. The molecule has 102 valence electrons. The number of fused-ring (bicyclic) bond motifs is 1. The van der Waals surface area contributed by atoms with Gasteiger partial charge in [-0.05, 0) is 28.1 Å². The molecule has 0 atom stereocenters. The maximum absolute atomic E-state index is 11.7. The van der Waals surface area contributed by atoms with Crippen LogP contribution in [0.1, 0.15) is 16.2 Å². The van der Waals surface area contributed by atoms with E-state index in [1.807, 2.05) is 0 Å². The van der Waals surface area contributed by atoms with Crippen LogP contribution in [0.25, 0.3) is 4.96 Å². The van der Waals surface area contributed by atoms with Crippen molar-refractivity contribution in [2.45, 2.75) is 6.61 Å². The van der Waals surface area contributed by atoms with Gasteiger partial charge in [-0.2, -0.15) is 0 Å². The van der Waals surface area contributed by atoms with E-state index in [0.29, 0.717) is 15.3 Å². The highest BCUT2D eigenvalue weighted by Gasteiger charge is 2.13. The summed E-state index contributed by atoms with van der Waals surface area (Å²) in [5.74, 6) is -0.519. The van der Waals surface area contributed by atoms with Crippen molar-refractivity contribution in [3.8, 4) is 0 Å². The Hall–Kier alpha value is -1.93. The van der Waals surface area contributed by atoms with Gasteiger partial charge in [-0.1, -0.05) is 0 Å². The van der Waals surface area contributed by atoms with Crippen molar-refractivity contribution in [3.63, 3.8) is 0 Å². The van der Waals surface area contributed by atoms with E-state index in [1.165, 1.54) is 27.9 Å². The number of carbonyl (C=O) groups is 1. The van der Waals surface area contributed by atoms with E-state index >= 15 is 0 Å². The molecule has 0 aromatic carbocycles. The normalized spacial score (nSPS) is 10.8. The van der Waals surface area contributed by atoms with Crippen LogP contribution in [0.3, 0.4) is 0 Å². The van der Waals surface area contributed by atoms with Gasteiger partial charge in [0, 0.05) is 17.6 Å². The Morgan fingerprint density at radius 2 is 2.35 bits per heavy atom. The fourth-order valence-corrected chi connectivity index (χ4v) is 2.64. The van der Waals surface area contributed by atoms with Gasteiger partial charge in [-0.3, -0.25) is 9.20 Å². The largest absolute Gasteiger partial charge is 0.453 e. The molecule has 20 heavy (non-hydrogen) atoms. The Kier molecular flexibility index (Phi) is 3.41. The Balaban J connectivity index is 1.76. The van der Waals surface area contributed by atoms with Crippen molar-refractivity contribution in [1.82, 2.24) is 9.38 Å². The summed E-state index contributed by atoms with van der Waals surface area (Å²) >= 11 is 4.44. The Morgan fingerprint density at radius 3 is 3.10 bits per heavy atom. The molecule has 6 nitrogen and oxygen atoms in total. The SMILES string of the molecule is O=C(OCc1cc(=O)n2ccsc2n1)c1ccc(Br)o1. The second-order valence-corrected chi connectivity index (χ2v) is 5.48. The van der Waals surface area contributed by atoms with Gasteiger partial charge in [0.1, 0.15) is 6.61 Å². The second kappa shape index (κ2) is 5.22. The minimum Gasteiger partial charge on any atom is -0.453 e. The molecule has 0 amide bonds. The first-order chi connectivity index (χ1) is 9.63. The maximum atomic E-state index is 11.7. The zero-order valence-electron chi connectivity index (χ0n) is 9.91. The van der Waals surface area contributed by atoms with E-state index in [4.69, 9.17) is 9.15 Å². The molecule has 0 radical (unpaired) electrons. The number of carbonyl (C=O) groups excluding carboxylic acids is 1. The Bertz CT molecular complexity index is 835. The van der Waals surface area contributed by atoms with Gasteiger partial charge in [-0.15, -0.1) is 11.3 Å². The molecule has 0 unspecified atom stereocenters. The van der Waals surface area contributed by atoms with Crippen LogP contribution in [0.2, 0.25) is 0 Å². The van der Waals surface area contributed by atoms with Gasteiger partial charge in [0.25, 0.3) is 5.56 Å². The minimum absolute atomic E-state index is 0.0825. The molecule has 3 rings (SSSR count). The zero-order chi connectivity index (χ0) is 14.1. The smallest absolute Gasteiger partial charge is 0.374 e. The van der Waals surface area contributed by atoms with Crippen molar-refractivity contribution in [3.05, 3.63) is 56.3 Å². The number of nitrogens with zero attached hydrogens (tertiary/aromatic N) is 2. The number of halogens is 1. The summed E-state index contributed by atoms with van der Waals surface area (Å²) in [6.45, 7) is -0.0825. The molecule has 0 aliphatic heterocycles. The van der Waals surface area contributed by atoms with E-state index in [9.17, 15) is 9.59 Å². The van der Waals surface area contributed by atoms with Gasteiger partial charge in [0.2, 0.25) is 5.76 Å². The lowest BCUT2D eigenvalue weighted by Gasteiger charge is -2.02. The van der Waals surface area contributed by atoms with Gasteiger partial charge < -0.3 is 9.15 Å². The van der Waals surface area contributed by atoms with Crippen molar-refractivity contribution in [1.29, 1.82) is 0 Å². The molecule has 0 N–H and O–H groups in total. The molecule has 3 heterocycles. The Morgan fingerprint density at radius 1 is 1.50 bits per heavy atom. The maximum Gasteiger partial charge on any atom is 0.374 e. The summed E-state index contributed by atoms with van der Waals surface area (Å²) in [4.78, 5) is 28.2. The van der Waals surface area contributed by atoms with Crippen LogP contribution in [-0.2, 0) is 11.3 Å². The average Bonchev–Trinajstić information content (AvgIpc) is 3.04. The van der Waals surface area contributed by atoms with E-state index < -0.39 is 5.97 Å². The van der Waals surface area contributed by atoms with Crippen LogP contribution in [0, 0.1) is 0 Å². The lowest BCUT2D eigenvalue weighted by molar-refractivity contribution is 0.0429. The number of aromatic nitrogens is 2. The van der Waals surface area contributed by atoms with Crippen LogP contribution < -0.4 is 5.56 Å². The number of thiazole rings is 1. The number of hydrogen-bond acceptors (Lipinski definition) is 6. The highest BCUT2D eigenvalue weighted by molar-refractivity contribution is 9.10. The predicted molar refractivity (Wildman–Crippen MR) is 74.9 cm³/mol. The van der Waals surface area contributed by atoms with Crippen molar-refractivity contribution in [2.75, 3.05) is 0 Å². The molecular weight excluding hydrogens is 348 g/mol. The van der Waals surface area contributed by atoms with Crippen LogP contribution in [0.4, 0.5) is 0 Å². The quantitative estimate of drug-likeness (QED) is 0.675. The molecule has 0 bridgehead atoms. The molecule has 8 heteroatoms.